The number of hydrogen-bond acceptors (Lipinski definition) is 3. The lowest BCUT2D eigenvalue weighted by atomic mass is 9.91. The zero-order chi connectivity index (χ0) is 16.1. The van der Waals surface area contributed by atoms with Gasteiger partial charge in [-0.2, -0.15) is 0 Å². The standard InChI is InChI=1S/C16H16F2N2O2/c1-4-9-6-19-7-11-12-5-10(22-13(9)11)8-20(12)15(21)16(2,3)14(17)18/h1,6-7,10,12,14H,5,8H2,2-3H3/t10-,12-/m0/s1. The molecule has 0 aromatic carbocycles. The zero-order valence-electron chi connectivity index (χ0n) is 12.3. The zero-order valence-corrected chi connectivity index (χ0v) is 12.3. The minimum Gasteiger partial charge on any atom is -0.487 e. The Morgan fingerprint density at radius 3 is 2.91 bits per heavy atom. The largest absolute Gasteiger partial charge is 0.487 e. The van der Waals surface area contributed by atoms with E-state index in [-0.39, 0.29) is 12.1 Å². The third-order valence-corrected chi connectivity index (χ3v) is 4.34. The van der Waals surface area contributed by atoms with Crippen LogP contribution < -0.4 is 4.74 Å². The number of terminal acetylenes is 1. The molecule has 3 heterocycles. The third-order valence-electron chi connectivity index (χ3n) is 4.34. The molecule has 1 aromatic heterocycles. The van der Waals surface area contributed by atoms with Crippen LogP contribution in [0.2, 0.25) is 0 Å². The molecule has 2 atom stereocenters. The fourth-order valence-corrected chi connectivity index (χ4v) is 2.97. The van der Waals surface area contributed by atoms with Gasteiger partial charge in [-0.05, 0) is 13.8 Å². The van der Waals surface area contributed by atoms with Gasteiger partial charge >= 0.3 is 0 Å². The molecule has 0 aliphatic carbocycles. The van der Waals surface area contributed by atoms with E-state index in [1.165, 1.54) is 24.9 Å². The Balaban J connectivity index is 1.99. The van der Waals surface area contributed by atoms with E-state index >= 15 is 0 Å². The van der Waals surface area contributed by atoms with Crippen LogP contribution in [0, 0.1) is 17.8 Å². The average Bonchev–Trinajstić information content (AvgIpc) is 2.83. The Morgan fingerprint density at radius 1 is 1.55 bits per heavy atom. The van der Waals surface area contributed by atoms with E-state index in [4.69, 9.17) is 11.2 Å². The first kappa shape index (κ1) is 14.8. The van der Waals surface area contributed by atoms with Crippen LogP contribution in [-0.2, 0) is 4.79 Å². The summed E-state index contributed by atoms with van der Waals surface area (Å²) in [5, 5.41) is 0. The molecule has 22 heavy (non-hydrogen) atoms. The maximum absolute atomic E-state index is 13.2. The van der Waals surface area contributed by atoms with Crippen LogP contribution in [-0.4, -0.2) is 34.9 Å². The fourth-order valence-electron chi connectivity index (χ4n) is 2.97. The topological polar surface area (TPSA) is 42.4 Å². The molecular weight excluding hydrogens is 290 g/mol. The normalized spacial score (nSPS) is 23.0. The molecule has 0 N–H and O–H groups in total. The monoisotopic (exact) mass is 306 g/mol. The Labute approximate surface area is 127 Å². The number of carbonyl (C=O) groups is 1. The summed E-state index contributed by atoms with van der Waals surface area (Å²) >= 11 is 0. The van der Waals surface area contributed by atoms with Crippen LogP contribution in [0.25, 0.3) is 0 Å². The van der Waals surface area contributed by atoms with Gasteiger partial charge in [0.05, 0.1) is 18.2 Å². The number of carbonyl (C=O) groups excluding carboxylic acids is 1. The number of ether oxygens (including phenoxy) is 1. The molecule has 0 spiro atoms. The Morgan fingerprint density at radius 2 is 2.27 bits per heavy atom. The van der Waals surface area contributed by atoms with E-state index < -0.39 is 17.7 Å². The van der Waals surface area contributed by atoms with Crippen molar-refractivity contribution in [3.8, 4) is 18.1 Å². The van der Waals surface area contributed by atoms with E-state index in [0.717, 1.165) is 0 Å². The van der Waals surface area contributed by atoms with Crippen molar-refractivity contribution in [2.45, 2.75) is 38.8 Å². The molecule has 1 aromatic rings. The third kappa shape index (κ3) is 2.04. The predicted octanol–water partition coefficient (Wildman–Crippen LogP) is 2.39. The quantitative estimate of drug-likeness (QED) is 0.788. The van der Waals surface area contributed by atoms with Crippen LogP contribution in [0.15, 0.2) is 12.4 Å². The highest BCUT2D eigenvalue weighted by Gasteiger charge is 2.49. The van der Waals surface area contributed by atoms with E-state index in [9.17, 15) is 13.6 Å². The summed E-state index contributed by atoms with van der Waals surface area (Å²) in [6.07, 6.45) is 6.19. The van der Waals surface area contributed by atoms with Crippen molar-refractivity contribution in [2.24, 2.45) is 5.41 Å². The second-order valence-electron chi connectivity index (χ2n) is 6.22. The minimum absolute atomic E-state index is 0.218. The molecule has 6 heteroatoms. The van der Waals surface area contributed by atoms with Crippen molar-refractivity contribution in [1.82, 2.24) is 9.88 Å². The average molecular weight is 306 g/mol. The first-order valence-electron chi connectivity index (χ1n) is 7.06. The maximum atomic E-state index is 13.2. The Kier molecular flexibility index (Phi) is 3.32. The van der Waals surface area contributed by atoms with E-state index in [1.54, 1.807) is 6.20 Å². The van der Waals surface area contributed by atoms with Crippen molar-refractivity contribution in [2.75, 3.05) is 6.54 Å². The summed E-state index contributed by atoms with van der Waals surface area (Å²) in [5.41, 5.74) is -0.508. The predicted molar refractivity (Wildman–Crippen MR) is 75.4 cm³/mol. The summed E-state index contributed by atoms with van der Waals surface area (Å²) in [6.45, 7) is 2.82. The number of nitrogens with zero attached hydrogens (tertiary/aromatic N) is 2. The molecule has 0 radical (unpaired) electrons. The lowest BCUT2D eigenvalue weighted by Crippen LogP contribution is -2.44. The van der Waals surface area contributed by atoms with Crippen molar-refractivity contribution in [3.63, 3.8) is 0 Å². The highest BCUT2D eigenvalue weighted by molar-refractivity contribution is 5.83. The minimum atomic E-state index is -2.73. The van der Waals surface area contributed by atoms with Crippen LogP contribution >= 0.6 is 0 Å². The van der Waals surface area contributed by atoms with Crippen molar-refractivity contribution >= 4 is 5.91 Å². The van der Waals surface area contributed by atoms with Crippen molar-refractivity contribution in [1.29, 1.82) is 0 Å². The molecule has 3 rings (SSSR count). The molecule has 0 saturated carbocycles. The number of fused-ring (bicyclic) bond motifs is 4. The SMILES string of the molecule is C#Cc1cncc2c1O[C@H]1C[C@@H]2N(C(=O)C(C)(C)C(F)F)C1. The second-order valence-corrected chi connectivity index (χ2v) is 6.22. The van der Waals surface area contributed by atoms with Gasteiger partial charge in [-0.15, -0.1) is 6.42 Å². The molecule has 116 valence electrons. The van der Waals surface area contributed by atoms with Crippen LogP contribution in [0.5, 0.6) is 5.75 Å². The number of aromatic nitrogens is 1. The lowest BCUT2D eigenvalue weighted by Gasteiger charge is -2.32. The smallest absolute Gasteiger partial charge is 0.252 e. The van der Waals surface area contributed by atoms with Gasteiger partial charge < -0.3 is 9.64 Å². The number of rotatable bonds is 2. The highest BCUT2D eigenvalue weighted by Crippen LogP contribution is 2.46. The molecule has 1 amide bonds. The summed E-state index contributed by atoms with van der Waals surface area (Å²) in [4.78, 5) is 18.1. The Hall–Kier alpha value is -2.16. The molecule has 2 aliphatic heterocycles. The van der Waals surface area contributed by atoms with Crippen LogP contribution in [0.1, 0.15) is 37.4 Å². The number of amides is 1. The van der Waals surface area contributed by atoms with E-state index in [0.29, 0.717) is 29.8 Å². The van der Waals surface area contributed by atoms with Gasteiger partial charge in [-0.25, -0.2) is 8.78 Å². The molecule has 2 bridgehead atoms. The second kappa shape index (κ2) is 4.94. The first-order chi connectivity index (χ1) is 10.4. The van der Waals surface area contributed by atoms with E-state index in [1.807, 2.05) is 0 Å². The van der Waals surface area contributed by atoms with Gasteiger partial charge in [-0.1, -0.05) is 5.92 Å². The molecule has 2 aliphatic rings. The summed E-state index contributed by atoms with van der Waals surface area (Å²) in [7, 11) is 0. The summed E-state index contributed by atoms with van der Waals surface area (Å²) in [5.74, 6) is 2.48. The van der Waals surface area contributed by atoms with Gasteiger partial charge in [0, 0.05) is 24.4 Å². The number of halogens is 2. The van der Waals surface area contributed by atoms with Gasteiger partial charge in [0.15, 0.2) is 0 Å². The Bertz CT molecular complexity index is 667. The van der Waals surface area contributed by atoms with Crippen LogP contribution in [0.4, 0.5) is 8.78 Å². The number of alkyl halides is 2. The van der Waals surface area contributed by atoms with Crippen molar-refractivity contribution < 1.29 is 18.3 Å². The molecule has 1 fully saturated rings. The van der Waals surface area contributed by atoms with Crippen molar-refractivity contribution in [3.05, 3.63) is 23.5 Å². The summed E-state index contributed by atoms with van der Waals surface area (Å²) < 4.78 is 32.1. The first-order valence-corrected chi connectivity index (χ1v) is 7.06. The molecule has 0 unspecified atom stereocenters. The number of likely N-dealkylation sites (tertiary alicyclic amines) is 1. The number of hydrogen-bond donors (Lipinski definition) is 0. The van der Waals surface area contributed by atoms with Gasteiger partial charge in [0.25, 0.3) is 6.43 Å². The van der Waals surface area contributed by atoms with Gasteiger partial charge in [-0.3, -0.25) is 9.78 Å². The fraction of sp³-hybridized carbons (Fsp3) is 0.500. The van der Waals surface area contributed by atoms with E-state index in [2.05, 4.69) is 10.9 Å². The number of pyridine rings is 1. The lowest BCUT2D eigenvalue weighted by molar-refractivity contribution is -0.149. The molecule has 4 nitrogen and oxygen atoms in total. The molecular formula is C16H16F2N2O2. The van der Waals surface area contributed by atoms with Gasteiger partial charge in [0.1, 0.15) is 17.3 Å². The highest BCUT2D eigenvalue weighted by atomic mass is 19.3. The maximum Gasteiger partial charge on any atom is 0.252 e. The molecule has 1 saturated heterocycles. The summed E-state index contributed by atoms with van der Waals surface area (Å²) in [6, 6.07) is -0.305. The van der Waals surface area contributed by atoms with Crippen LogP contribution in [0.3, 0.4) is 0 Å². The van der Waals surface area contributed by atoms with Gasteiger partial charge in [0.2, 0.25) is 5.91 Å².